The quantitative estimate of drug-likeness (QED) is 0.631. The van der Waals surface area contributed by atoms with Crippen molar-refractivity contribution in [3.8, 4) is 11.3 Å². The number of nitrogens with two attached hydrogens (primary N) is 1. The number of amides is 1. The molecule has 9 nitrogen and oxygen atoms in total. The third-order valence-electron chi connectivity index (χ3n) is 4.44. The second-order valence-electron chi connectivity index (χ2n) is 6.44. The predicted molar refractivity (Wildman–Crippen MR) is 102 cm³/mol. The molecule has 3 aromatic heterocycles. The van der Waals surface area contributed by atoms with Crippen LogP contribution in [0.5, 0.6) is 0 Å². The smallest absolute Gasteiger partial charge is 0.337 e. The number of nitrogens with one attached hydrogen (secondary N) is 1. The molecule has 146 valence electrons. The number of aromatic amines is 1. The van der Waals surface area contributed by atoms with Crippen molar-refractivity contribution in [2.75, 3.05) is 0 Å². The third kappa shape index (κ3) is 4.08. The van der Waals surface area contributed by atoms with Crippen molar-refractivity contribution in [1.29, 1.82) is 0 Å². The van der Waals surface area contributed by atoms with E-state index in [1.54, 1.807) is 29.3 Å². The van der Waals surface area contributed by atoms with Gasteiger partial charge >= 0.3 is 5.97 Å². The highest BCUT2D eigenvalue weighted by molar-refractivity contribution is 5.96. The Labute approximate surface area is 161 Å². The summed E-state index contributed by atoms with van der Waals surface area (Å²) in [5, 5.41) is 13.1. The minimum atomic E-state index is -0.922. The van der Waals surface area contributed by atoms with Crippen molar-refractivity contribution in [2.45, 2.75) is 39.2 Å². The van der Waals surface area contributed by atoms with Crippen molar-refractivity contribution < 1.29 is 14.7 Å². The lowest BCUT2D eigenvalue weighted by molar-refractivity contribution is 0.0697. The van der Waals surface area contributed by atoms with Gasteiger partial charge in [-0.2, -0.15) is 5.10 Å². The summed E-state index contributed by atoms with van der Waals surface area (Å²) >= 11 is 0. The molecule has 9 heteroatoms. The number of carboxylic acids is 1. The van der Waals surface area contributed by atoms with Gasteiger partial charge in [-0.3, -0.25) is 9.48 Å². The van der Waals surface area contributed by atoms with Crippen LogP contribution >= 0.6 is 0 Å². The van der Waals surface area contributed by atoms with Gasteiger partial charge in [0.15, 0.2) is 0 Å². The van der Waals surface area contributed by atoms with Crippen molar-refractivity contribution >= 4 is 11.9 Å². The van der Waals surface area contributed by atoms with Gasteiger partial charge in [0.2, 0.25) is 0 Å². The highest BCUT2D eigenvalue weighted by atomic mass is 16.4. The first-order valence-electron chi connectivity index (χ1n) is 9.07. The number of hydrogen-bond donors (Lipinski definition) is 3. The van der Waals surface area contributed by atoms with E-state index in [1.807, 2.05) is 6.92 Å². The Balaban J connectivity index is 0.000000178. The Bertz CT molecular complexity index is 991. The maximum Gasteiger partial charge on any atom is 0.337 e. The summed E-state index contributed by atoms with van der Waals surface area (Å²) < 4.78 is 1.71. The van der Waals surface area contributed by atoms with Gasteiger partial charge in [0.05, 0.1) is 11.3 Å². The lowest BCUT2D eigenvalue weighted by Crippen LogP contribution is -2.12. The van der Waals surface area contributed by atoms with Crippen molar-refractivity contribution in [2.24, 2.45) is 5.73 Å². The molecule has 0 aromatic carbocycles. The fraction of sp³-hybridized carbons (Fsp3) is 0.316. The number of nitrogens with zero attached hydrogens (tertiary/aromatic N) is 4. The van der Waals surface area contributed by atoms with Gasteiger partial charge < -0.3 is 15.8 Å². The Morgan fingerprint density at radius 3 is 2.86 bits per heavy atom. The summed E-state index contributed by atoms with van der Waals surface area (Å²) in [5.41, 5.74) is 9.10. The first kappa shape index (κ1) is 19.3. The van der Waals surface area contributed by atoms with Gasteiger partial charge in [0.25, 0.3) is 5.91 Å². The summed E-state index contributed by atoms with van der Waals surface area (Å²) in [6.07, 6.45) is 10.2. The van der Waals surface area contributed by atoms with Crippen LogP contribution in [0.25, 0.3) is 11.3 Å². The second-order valence-corrected chi connectivity index (χ2v) is 6.44. The monoisotopic (exact) mass is 382 g/mol. The van der Waals surface area contributed by atoms with Crippen LogP contribution < -0.4 is 5.73 Å². The van der Waals surface area contributed by atoms with Crippen LogP contribution in [0.4, 0.5) is 0 Å². The molecule has 0 bridgehead atoms. The van der Waals surface area contributed by atoms with E-state index in [4.69, 9.17) is 5.73 Å². The van der Waals surface area contributed by atoms with Gasteiger partial charge in [-0.15, -0.1) is 0 Å². The summed E-state index contributed by atoms with van der Waals surface area (Å²) in [7, 11) is 0. The zero-order chi connectivity index (χ0) is 20.1. The van der Waals surface area contributed by atoms with Crippen molar-refractivity contribution in [1.82, 2.24) is 24.7 Å². The summed E-state index contributed by atoms with van der Waals surface area (Å²) in [6.45, 7) is 2.87. The maximum atomic E-state index is 11.2. The average molecular weight is 382 g/mol. The first-order chi connectivity index (χ1) is 13.5. The molecule has 28 heavy (non-hydrogen) atoms. The number of primary amides is 1. The summed E-state index contributed by atoms with van der Waals surface area (Å²) in [5.74, 6) is -1.39. The molecule has 1 amide bonds. The van der Waals surface area contributed by atoms with E-state index in [-0.39, 0.29) is 0 Å². The van der Waals surface area contributed by atoms with E-state index in [1.165, 1.54) is 6.33 Å². The average Bonchev–Trinajstić information content (AvgIpc) is 3.27. The van der Waals surface area contributed by atoms with Crippen molar-refractivity contribution in [3.63, 3.8) is 0 Å². The van der Waals surface area contributed by atoms with E-state index in [0.29, 0.717) is 11.3 Å². The molecule has 0 radical (unpaired) electrons. The lowest BCUT2D eigenvalue weighted by Gasteiger charge is -2.04. The molecule has 0 saturated heterocycles. The van der Waals surface area contributed by atoms with Crippen molar-refractivity contribution in [3.05, 3.63) is 53.5 Å². The Kier molecular flexibility index (Phi) is 5.83. The molecule has 0 aliphatic heterocycles. The van der Waals surface area contributed by atoms with Gasteiger partial charge in [0, 0.05) is 36.4 Å². The molecule has 4 N–H and O–H groups in total. The first-order valence-corrected chi connectivity index (χ1v) is 9.07. The van der Waals surface area contributed by atoms with Gasteiger partial charge in [-0.1, -0.05) is 6.92 Å². The number of aromatic carboxylic acids is 1. The molecule has 3 heterocycles. The van der Waals surface area contributed by atoms with Crippen LogP contribution in [0.2, 0.25) is 0 Å². The van der Waals surface area contributed by atoms with Crippen LogP contribution in [0.3, 0.4) is 0 Å². The molecule has 1 aliphatic carbocycles. The number of carboxylic acid groups (broad SMARTS) is 1. The van der Waals surface area contributed by atoms with Crippen LogP contribution in [0.15, 0.2) is 31.0 Å². The number of hydrogen-bond acceptors (Lipinski definition) is 5. The molecule has 4 rings (SSSR count). The number of aromatic nitrogens is 5. The lowest BCUT2D eigenvalue weighted by atomic mass is 10.0. The zero-order valence-electron chi connectivity index (χ0n) is 15.6. The van der Waals surface area contributed by atoms with Gasteiger partial charge in [0.1, 0.15) is 12.0 Å². The summed E-state index contributed by atoms with van der Waals surface area (Å²) in [6, 6.07) is 1.62. The fourth-order valence-corrected chi connectivity index (χ4v) is 3.17. The standard InChI is InChI=1S/C12H11N3O2.C7H11N3O/c16-12(17)8-5-14-9-3-1-2-7-4-13-6-15-11(7)10(8)9;1-2-4-10-5-3-6(9-10)7(8)11/h4-6,14H,1-3H2,(H,16,17);3,5H,2,4H2,1H3,(H2,8,11). The number of fused-ring (bicyclic) bond motifs is 3. The predicted octanol–water partition coefficient (Wildman–Crippen LogP) is 2.05. The number of H-pyrrole nitrogens is 1. The van der Waals surface area contributed by atoms with E-state index < -0.39 is 11.9 Å². The van der Waals surface area contributed by atoms with E-state index in [0.717, 1.165) is 54.7 Å². The minimum Gasteiger partial charge on any atom is -0.478 e. The molecule has 0 saturated carbocycles. The molecule has 0 spiro atoms. The molecule has 0 fully saturated rings. The summed E-state index contributed by atoms with van der Waals surface area (Å²) in [4.78, 5) is 33.0. The second kappa shape index (κ2) is 8.47. The number of rotatable bonds is 4. The van der Waals surface area contributed by atoms with E-state index in [9.17, 15) is 14.7 Å². The topological polar surface area (TPSA) is 140 Å². The Hall–Kier alpha value is -3.49. The van der Waals surface area contributed by atoms with Crippen LogP contribution in [0, 0.1) is 0 Å². The van der Waals surface area contributed by atoms with Gasteiger partial charge in [-0.05, 0) is 37.3 Å². The number of aryl methyl sites for hydroxylation is 3. The Morgan fingerprint density at radius 1 is 1.36 bits per heavy atom. The molecular weight excluding hydrogens is 360 g/mol. The SMILES string of the molecule is CCCn1ccc(C(N)=O)n1.O=C(O)c1c[nH]c2c1-c1ncncc1CCC2. The van der Waals surface area contributed by atoms with Crippen LogP contribution in [-0.2, 0) is 19.4 Å². The normalized spacial score (nSPS) is 12.2. The van der Waals surface area contributed by atoms with E-state index >= 15 is 0 Å². The highest BCUT2D eigenvalue weighted by Gasteiger charge is 2.23. The molecule has 1 aliphatic rings. The largest absolute Gasteiger partial charge is 0.478 e. The van der Waals surface area contributed by atoms with E-state index in [2.05, 4.69) is 20.1 Å². The Morgan fingerprint density at radius 2 is 2.18 bits per heavy atom. The highest BCUT2D eigenvalue weighted by Crippen LogP contribution is 2.32. The molecule has 0 unspecified atom stereocenters. The molecule has 0 atom stereocenters. The number of carbonyl (C=O) groups excluding carboxylic acids is 1. The molecular formula is C19H22N6O3. The van der Waals surface area contributed by atoms with Crippen LogP contribution in [-0.4, -0.2) is 41.7 Å². The molecule has 3 aromatic rings. The van der Waals surface area contributed by atoms with Gasteiger partial charge in [-0.25, -0.2) is 14.8 Å². The fourth-order valence-electron chi connectivity index (χ4n) is 3.17. The maximum absolute atomic E-state index is 11.2. The third-order valence-corrected chi connectivity index (χ3v) is 4.44. The van der Waals surface area contributed by atoms with Crippen LogP contribution in [0.1, 0.15) is 51.9 Å². The zero-order valence-corrected chi connectivity index (χ0v) is 15.6. The minimum absolute atomic E-state index is 0.293. The number of carbonyl (C=O) groups is 2.